The zero-order valence-electron chi connectivity index (χ0n) is 10.5. The number of aromatic nitrogens is 1. The highest BCUT2D eigenvalue weighted by Gasteiger charge is 2.14. The summed E-state index contributed by atoms with van der Waals surface area (Å²) in [6.07, 6.45) is 0. The van der Waals surface area contributed by atoms with E-state index >= 15 is 0 Å². The number of fused-ring (bicyclic) bond motifs is 1. The first-order valence-corrected chi connectivity index (χ1v) is 6.06. The number of hydrogen-bond donors (Lipinski definition) is 0. The van der Waals surface area contributed by atoms with Crippen molar-refractivity contribution >= 4 is 22.5 Å². The van der Waals surface area contributed by atoms with E-state index in [9.17, 15) is 0 Å². The monoisotopic (exact) mass is 249 g/mol. The van der Waals surface area contributed by atoms with Crippen molar-refractivity contribution in [3.05, 3.63) is 34.5 Å². The number of nitrogens with zero attached hydrogens (tertiary/aromatic N) is 1. The molecule has 17 heavy (non-hydrogen) atoms. The van der Waals surface area contributed by atoms with E-state index in [0.29, 0.717) is 5.92 Å². The lowest BCUT2D eigenvalue weighted by Crippen LogP contribution is -1.98. The maximum atomic E-state index is 6.46. The van der Waals surface area contributed by atoms with Gasteiger partial charge in [-0.3, -0.25) is 4.98 Å². The van der Waals surface area contributed by atoms with Crippen LogP contribution in [-0.2, 0) is 0 Å². The SMILES string of the molecule is COc1ccc2c(Cl)c(C(C)C)c(C)nc2c1. The van der Waals surface area contributed by atoms with Gasteiger partial charge in [-0.15, -0.1) is 0 Å². The lowest BCUT2D eigenvalue weighted by molar-refractivity contribution is 0.415. The summed E-state index contributed by atoms with van der Waals surface area (Å²) in [5.74, 6) is 1.18. The molecule has 0 aliphatic rings. The fourth-order valence-electron chi connectivity index (χ4n) is 2.13. The number of halogens is 1. The van der Waals surface area contributed by atoms with Crippen molar-refractivity contribution in [1.29, 1.82) is 0 Å². The Bertz CT molecular complexity index is 564. The topological polar surface area (TPSA) is 22.1 Å². The first kappa shape index (κ1) is 12.2. The zero-order valence-corrected chi connectivity index (χ0v) is 11.3. The van der Waals surface area contributed by atoms with Crippen LogP contribution in [0.4, 0.5) is 0 Å². The number of pyridine rings is 1. The molecule has 90 valence electrons. The fourth-order valence-corrected chi connectivity index (χ4v) is 2.65. The highest BCUT2D eigenvalue weighted by atomic mass is 35.5. The van der Waals surface area contributed by atoms with Crippen LogP contribution in [0.25, 0.3) is 10.9 Å². The Labute approximate surface area is 107 Å². The molecule has 2 aromatic rings. The summed E-state index contributed by atoms with van der Waals surface area (Å²) in [6.45, 7) is 6.26. The van der Waals surface area contributed by atoms with Gasteiger partial charge in [-0.1, -0.05) is 25.4 Å². The molecule has 0 fully saturated rings. The van der Waals surface area contributed by atoms with Crippen molar-refractivity contribution in [2.24, 2.45) is 0 Å². The van der Waals surface area contributed by atoms with Crippen molar-refractivity contribution in [1.82, 2.24) is 4.98 Å². The molecule has 0 spiro atoms. The second-order valence-corrected chi connectivity index (χ2v) is 4.84. The van der Waals surface area contributed by atoms with Gasteiger partial charge in [0.2, 0.25) is 0 Å². The highest BCUT2D eigenvalue weighted by Crippen LogP contribution is 2.34. The second kappa shape index (κ2) is 4.53. The average molecular weight is 250 g/mol. The molecule has 1 aromatic carbocycles. The number of ether oxygens (including phenoxy) is 1. The van der Waals surface area contributed by atoms with E-state index < -0.39 is 0 Å². The fraction of sp³-hybridized carbons (Fsp3) is 0.357. The Morgan fingerprint density at radius 3 is 2.59 bits per heavy atom. The van der Waals surface area contributed by atoms with E-state index in [-0.39, 0.29) is 0 Å². The Morgan fingerprint density at radius 2 is 2.00 bits per heavy atom. The van der Waals surface area contributed by atoms with Gasteiger partial charge in [0, 0.05) is 17.1 Å². The summed E-state index contributed by atoms with van der Waals surface area (Å²) >= 11 is 6.46. The van der Waals surface area contributed by atoms with Crippen LogP contribution in [0.15, 0.2) is 18.2 Å². The standard InChI is InChI=1S/C14H16ClNO/c1-8(2)13-9(3)16-12-7-10(17-4)5-6-11(12)14(13)15/h5-8H,1-4H3. The van der Waals surface area contributed by atoms with Gasteiger partial charge in [-0.25, -0.2) is 0 Å². The van der Waals surface area contributed by atoms with E-state index in [2.05, 4.69) is 18.8 Å². The molecule has 1 aromatic heterocycles. The average Bonchev–Trinajstić information content (AvgIpc) is 2.27. The van der Waals surface area contributed by atoms with Crippen molar-refractivity contribution in [2.45, 2.75) is 26.7 Å². The minimum Gasteiger partial charge on any atom is -0.497 e. The maximum Gasteiger partial charge on any atom is 0.121 e. The molecule has 0 atom stereocenters. The van der Waals surface area contributed by atoms with Crippen LogP contribution in [0.1, 0.15) is 31.0 Å². The van der Waals surface area contributed by atoms with Gasteiger partial charge in [0.05, 0.1) is 17.6 Å². The van der Waals surface area contributed by atoms with Crippen LogP contribution in [0, 0.1) is 6.92 Å². The van der Waals surface area contributed by atoms with Crippen LogP contribution < -0.4 is 4.74 Å². The Morgan fingerprint density at radius 1 is 1.29 bits per heavy atom. The quantitative estimate of drug-likeness (QED) is 0.790. The number of hydrogen-bond acceptors (Lipinski definition) is 2. The van der Waals surface area contributed by atoms with Gasteiger partial charge in [0.25, 0.3) is 0 Å². The third-order valence-corrected chi connectivity index (χ3v) is 3.34. The molecule has 0 amide bonds. The van der Waals surface area contributed by atoms with Crippen LogP contribution >= 0.6 is 11.6 Å². The first-order chi connectivity index (χ1) is 8.04. The van der Waals surface area contributed by atoms with Gasteiger partial charge in [0.1, 0.15) is 5.75 Å². The van der Waals surface area contributed by atoms with Crippen molar-refractivity contribution in [3.63, 3.8) is 0 Å². The molecule has 0 aliphatic heterocycles. The molecule has 0 saturated heterocycles. The van der Waals surface area contributed by atoms with Crippen LogP contribution in [0.2, 0.25) is 5.02 Å². The molecule has 0 radical (unpaired) electrons. The largest absolute Gasteiger partial charge is 0.497 e. The Hall–Kier alpha value is -1.28. The van der Waals surface area contributed by atoms with Gasteiger partial charge in [0.15, 0.2) is 0 Å². The van der Waals surface area contributed by atoms with E-state index in [0.717, 1.165) is 32.9 Å². The third kappa shape index (κ3) is 2.09. The van der Waals surface area contributed by atoms with Gasteiger partial charge < -0.3 is 4.74 Å². The first-order valence-electron chi connectivity index (χ1n) is 5.68. The molecule has 0 aliphatic carbocycles. The van der Waals surface area contributed by atoms with Crippen molar-refractivity contribution in [2.75, 3.05) is 7.11 Å². The predicted molar refractivity (Wildman–Crippen MR) is 72.1 cm³/mol. The zero-order chi connectivity index (χ0) is 12.6. The highest BCUT2D eigenvalue weighted by molar-refractivity contribution is 6.36. The molecule has 0 N–H and O–H groups in total. The summed E-state index contributed by atoms with van der Waals surface area (Å²) < 4.78 is 5.20. The minimum absolute atomic E-state index is 0.376. The van der Waals surface area contributed by atoms with Crippen LogP contribution in [-0.4, -0.2) is 12.1 Å². The van der Waals surface area contributed by atoms with Crippen LogP contribution in [0.5, 0.6) is 5.75 Å². The molecule has 0 bridgehead atoms. The normalized spacial score (nSPS) is 11.2. The number of aryl methyl sites for hydroxylation is 1. The van der Waals surface area contributed by atoms with E-state index in [4.69, 9.17) is 16.3 Å². The predicted octanol–water partition coefficient (Wildman–Crippen LogP) is 4.33. The molecular weight excluding hydrogens is 234 g/mol. The molecule has 0 unspecified atom stereocenters. The molecule has 2 nitrogen and oxygen atoms in total. The van der Waals surface area contributed by atoms with Gasteiger partial charge in [-0.05, 0) is 30.5 Å². The van der Waals surface area contributed by atoms with Gasteiger partial charge in [-0.2, -0.15) is 0 Å². The smallest absolute Gasteiger partial charge is 0.121 e. The van der Waals surface area contributed by atoms with Crippen LogP contribution in [0.3, 0.4) is 0 Å². The molecule has 3 heteroatoms. The molecular formula is C14H16ClNO. The molecule has 1 heterocycles. The van der Waals surface area contributed by atoms with E-state index in [1.807, 2.05) is 25.1 Å². The number of methoxy groups -OCH3 is 1. The number of benzene rings is 1. The summed E-state index contributed by atoms with van der Waals surface area (Å²) in [5.41, 5.74) is 3.01. The minimum atomic E-state index is 0.376. The lowest BCUT2D eigenvalue weighted by atomic mass is 9.99. The number of rotatable bonds is 2. The summed E-state index contributed by atoms with van der Waals surface area (Å²) in [5, 5.41) is 1.80. The molecule has 0 saturated carbocycles. The molecule has 2 rings (SSSR count). The summed E-state index contributed by atoms with van der Waals surface area (Å²) in [7, 11) is 1.65. The van der Waals surface area contributed by atoms with E-state index in [1.165, 1.54) is 0 Å². The third-order valence-electron chi connectivity index (χ3n) is 2.93. The second-order valence-electron chi connectivity index (χ2n) is 4.46. The van der Waals surface area contributed by atoms with Crippen molar-refractivity contribution in [3.8, 4) is 5.75 Å². The lowest BCUT2D eigenvalue weighted by Gasteiger charge is -2.14. The Kier molecular flexibility index (Phi) is 3.25. The maximum absolute atomic E-state index is 6.46. The van der Waals surface area contributed by atoms with E-state index in [1.54, 1.807) is 7.11 Å². The van der Waals surface area contributed by atoms with Gasteiger partial charge >= 0.3 is 0 Å². The Balaban J connectivity index is 2.76. The van der Waals surface area contributed by atoms with Crippen molar-refractivity contribution < 1.29 is 4.74 Å². The summed E-state index contributed by atoms with van der Waals surface area (Å²) in [6, 6.07) is 5.79. The summed E-state index contributed by atoms with van der Waals surface area (Å²) in [4.78, 5) is 4.60.